The highest BCUT2D eigenvalue weighted by molar-refractivity contribution is 5.77. The molecule has 2 heterocycles. The number of aliphatic hydroxyl groups is 1. The molecule has 1 aromatic rings. The van der Waals surface area contributed by atoms with Gasteiger partial charge in [0.2, 0.25) is 11.5 Å². The minimum atomic E-state index is -4.99. The van der Waals surface area contributed by atoms with Crippen molar-refractivity contribution in [3.05, 3.63) is 18.2 Å². The summed E-state index contributed by atoms with van der Waals surface area (Å²) in [6, 6.07) is 0. The number of alkyl halides is 3. The highest BCUT2D eigenvalue weighted by Crippen LogP contribution is 2.41. The quantitative estimate of drug-likeness (QED) is 0.921. The van der Waals surface area contributed by atoms with E-state index in [9.17, 15) is 23.1 Å². The zero-order chi connectivity index (χ0) is 17.4. The molecule has 130 valence electrons. The summed E-state index contributed by atoms with van der Waals surface area (Å²) in [5.74, 6) is -0.627. The van der Waals surface area contributed by atoms with Crippen molar-refractivity contribution in [2.75, 3.05) is 13.1 Å². The predicted molar refractivity (Wildman–Crippen MR) is 77.3 cm³/mol. The Labute approximate surface area is 133 Å². The number of aromatic nitrogens is 2. The Morgan fingerprint density at radius 2 is 2.04 bits per heavy atom. The molecule has 8 heteroatoms. The van der Waals surface area contributed by atoms with Gasteiger partial charge in [0.05, 0.1) is 6.42 Å². The fourth-order valence-electron chi connectivity index (χ4n) is 2.89. The van der Waals surface area contributed by atoms with Crippen molar-refractivity contribution in [1.29, 1.82) is 0 Å². The van der Waals surface area contributed by atoms with Crippen molar-refractivity contribution >= 4 is 5.91 Å². The molecule has 3 atom stereocenters. The topological polar surface area (TPSA) is 58.4 Å². The molecular weight excluding hydrogens is 311 g/mol. The van der Waals surface area contributed by atoms with Crippen LogP contribution in [0, 0.1) is 11.8 Å². The van der Waals surface area contributed by atoms with E-state index >= 15 is 0 Å². The van der Waals surface area contributed by atoms with E-state index in [4.69, 9.17) is 0 Å². The van der Waals surface area contributed by atoms with E-state index in [-0.39, 0.29) is 5.92 Å². The minimum absolute atomic E-state index is 0.222. The standard InChI is InChI=1S/C15H22F3N3O2/c1-10-4-6-21(9-11(10)2)12(22)8-14(23,15(16,17)18)13-19-5-7-20(13)3/h5,7,10-11,23H,4,6,8-9H2,1-3H3. The number of carbonyl (C=O) groups is 1. The van der Waals surface area contributed by atoms with E-state index in [2.05, 4.69) is 11.9 Å². The molecule has 3 unspecified atom stereocenters. The first-order valence-electron chi connectivity index (χ1n) is 7.61. The summed E-state index contributed by atoms with van der Waals surface area (Å²) < 4.78 is 41.4. The Hall–Kier alpha value is -1.57. The third kappa shape index (κ3) is 3.36. The van der Waals surface area contributed by atoms with Gasteiger partial charge in [0.1, 0.15) is 0 Å². The van der Waals surface area contributed by atoms with Crippen LogP contribution in [0.1, 0.15) is 32.5 Å². The Balaban J connectivity index is 2.23. The zero-order valence-electron chi connectivity index (χ0n) is 13.5. The van der Waals surface area contributed by atoms with Crippen LogP contribution in [0.15, 0.2) is 12.4 Å². The van der Waals surface area contributed by atoms with E-state index in [1.165, 1.54) is 24.3 Å². The maximum Gasteiger partial charge on any atom is 0.425 e. The van der Waals surface area contributed by atoms with Crippen LogP contribution in [-0.2, 0) is 17.4 Å². The van der Waals surface area contributed by atoms with Crippen molar-refractivity contribution in [2.24, 2.45) is 18.9 Å². The van der Waals surface area contributed by atoms with Crippen LogP contribution < -0.4 is 0 Å². The average molecular weight is 333 g/mol. The fourth-order valence-corrected chi connectivity index (χ4v) is 2.89. The lowest BCUT2D eigenvalue weighted by Gasteiger charge is -2.37. The fraction of sp³-hybridized carbons (Fsp3) is 0.733. The Kier molecular flexibility index (Phi) is 4.75. The number of hydrogen-bond acceptors (Lipinski definition) is 3. The summed E-state index contributed by atoms with van der Waals surface area (Å²) in [6.45, 7) is 4.86. The van der Waals surface area contributed by atoms with Gasteiger partial charge in [-0.05, 0) is 18.3 Å². The smallest absolute Gasteiger partial charge is 0.374 e. The van der Waals surface area contributed by atoms with E-state index < -0.39 is 29.9 Å². The van der Waals surface area contributed by atoms with Gasteiger partial charge >= 0.3 is 6.18 Å². The number of hydrogen-bond donors (Lipinski definition) is 1. The lowest BCUT2D eigenvalue weighted by Crippen LogP contribution is -2.50. The average Bonchev–Trinajstić information content (AvgIpc) is 2.87. The second-order valence-corrected chi connectivity index (χ2v) is 6.48. The Bertz CT molecular complexity index is 573. The first kappa shape index (κ1) is 17.8. The molecule has 0 radical (unpaired) electrons. The molecule has 0 bridgehead atoms. The van der Waals surface area contributed by atoms with Crippen LogP contribution in [0.2, 0.25) is 0 Å². The molecule has 0 saturated carbocycles. The molecule has 5 nitrogen and oxygen atoms in total. The lowest BCUT2D eigenvalue weighted by atomic mass is 9.88. The van der Waals surface area contributed by atoms with Gasteiger partial charge in [0, 0.05) is 32.5 Å². The van der Waals surface area contributed by atoms with Crippen molar-refractivity contribution in [3.8, 4) is 0 Å². The van der Waals surface area contributed by atoms with E-state index in [1.807, 2.05) is 6.92 Å². The van der Waals surface area contributed by atoms with Gasteiger partial charge < -0.3 is 14.6 Å². The predicted octanol–water partition coefficient (Wildman–Crippen LogP) is 2.06. The molecule has 0 aromatic carbocycles. The minimum Gasteiger partial charge on any atom is -0.374 e. The lowest BCUT2D eigenvalue weighted by molar-refractivity contribution is -0.272. The number of halogens is 3. The van der Waals surface area contributed by atoms with Gasteiger partial charge in [-0.15, -0.1) is 0 Å². The van der Waals surface area contributed by atoms with Crippen molar-refractivity contribution in [3.63, 3.8) is 0 Å². The van der Waals surface area contributed by atoms with Gasteiger partial charge in [-0.3, -0.25) is 4.79 Å². The van der Waals surface area contributed by atoms with Crippen LogP contribution in [0.5, 0.6) is 0 Å². The van der Waals surface area contributed by atoms with Gasteiger partial charge in [0.15, 0.2) is 5.82 Å². The number of rotatable bonds is 3. The number of likely N-dealkylation sites (tertiary alicyclic amines) is 1. The molecule has 1 aliphatic rings. The number of carbonyl (C=O) groups excluding carboxylic acids is 1. The summed E-state index contributed by atoms with van der Waals surface area (Å²) >= 11 is 0. The van der Waals surface area contributed by atoms with Crippen LogP contribution >= 0.6 is 0 Å². The molecule has 1 N–H and O–H groups in total. The maximum atomic E-state index is 13.4. The molecule has 23 heavy (non-hydrogen) atoms. The van der Waals surface area contributed by atoms with Gasteiger partial charge in [0.25, 0.3) is 0 Å². The molecular formula is C15H22F3N3O2. The Morgan fingerprint density at radius 1 is 1.39 bits per heavy atom. The van der Waals surface area contributed by atoms with Crippen LogP contribution in [-0.4, -0.2) is 44.7 Å². The molecule has 1 aromatic heterocycles. The van der Waals surface area contributed by atoms with Gasteiger partial charge in [-0.2, -0.15) is 13.2 Å². The molecule has 2 rings (SSSR count). The summed E-state index contributed by atoms with van der Waals surface area (Å²) in [7, 11) is 1.36. The van der Waals surface area contributed by atoms with Gasteiger partial charge in [-0.25, -0.2) is 4.98 Å². The largest absolute Gasteiger partial charge is 0.425 e. The molecule has 1 amide bonds. The highest BCUT2D eigenvalue weighted by atomic mass is 19.4. The zero-order valence-corrected chi connectivity index (χ0v) is 13.5. The second-order valence-electron chi connectivity index (χ2n) is 6.48. The number of aryl methyl sites for hydroxylation is 1. The second kappa shape index (κ2) is 6.14. The SMILES string of the molecule is CC1CCN(C(=O)CC(O)(c2nccn2C)C(F)(F)F)CC1C. The number of imidazole rings is 1. The van der Waals surface area contributed by atoms with E-state index in [0.29, 0.717) is 19.0 Å². The van der Waals surface area contributed by atoms with E-state index in [0.717, 1.165) is 11.0 Å². The first-order valence-corrected chi connectivity index (χ1v) is 7.61. The normalized spacial score (nSPS) is 25.3. The summed E-state index contributed by atoms with van der Waals surface area (Å²) in [4.78, 5) is 17.4. The van der Waals surface area contributed by atoms with Crippen LogP contribution in [0.3, 0.4) is 0 Å². The van der Waals surface area contributed by atoms with Crippen molar-refractivity contribution in [1.82, 2.24) is 14.5 Å². The number of piperidine rings is 1. The van der Waals surface area contributed by atoms with E-state index in [1.54, 1.807) is 0 Å². The van der Waals surface area contributed by atoms with Crippen molar-refractivity contribution in [2.45, 2.75) is 38.5 Å². The monoisotopic (exact) mass is 333 g/mol. The summed E-state index contributed by atoms with van der Waals surface area (Å²) in [5.41, 5.74) is -3.28. The number of nitrogens with zero attached hydrogens (tertiary/aromatic N) is 3. The van der Waals surface area contributed by atoms with Crippen LogP contribution in [0.25, 0.3) is 0 Å². The van der Waals surface area contributed by atoms with Crippen LogP contribution in [0.4, 0.5) is 13.2 Å². The number of amides is 1. The third-order valence-electron chi connectivity index (χ3n) is 4.75. The maximum absolute atomic E-state index is 13.4. The molecule has 1 aliphatic heterocycles. The van der Waals surface area contributed by atoms with Gasteiger partial charge in [-0.1, -0.05) is 13.8 Å². The molecule has 0 aliphatic carbocycles. The highest BCUT2D eigenvalue weighted by Gasteiger charge is 2.59. The molecule has 1 fully saturated rings. The Morgan fingerprint density at radius 3 is 2.52 bits per heavy atom. The summed E-state index contributed by atoms with van der Waals surface area (Å²) in [6.07, 6.45) is -2.82. The summed E-state index contributed by atoms with van der Waals surface area (Å²) in [5, 5.41) is 10.3. The van der Waals surface area contributed by atoms with Crippen molar-refractivity contribution < 1.29 is 23.1 Å². The first-order chi connectivity index (χ1) is 10.6. The third-order valence-corrected chi connectivity index (χ3v) is 4.75. The molecule has 0 spiro atoms. The molecule has 1 saturated heterocycles.